The highest BCUT2D eigenvalue weighted by molar-refractivity contribution is 5.90. The molecule has 2 saturated heterocycles. The lowest BCUT2D eigenvalue weighted by Crippen LogP contribution is -2.51. The number of carbonyl (C=O) groups is 2. The summed E-state index contributed by atoms with van der Waals surface area (Å²) in [7, 11) is 1.65. The maximum atomic E-state index is 13.5. The van der Waals surface area contributed by atoms with Gasteiger partial charge in [-0.05, 0) is 42.9 Å². The van der Waals surface area contributed by atoms with Crippen LogP contribution < -0.4 is 4.74 Å². The molecule has 2 atom stereocenters. The first-order valence-electron chi connectivity index (χ1n) is 11.5. The summed E-state index contributed by atoms with van der Waals surface area (Å²) in [5.74, 6) is 1.63. The summed E-state index contributed by atoms with van der Waals surface area (Å²) >= 11 is 0. The molecule has 1 aromatic carbocycles. The lowest BCUT2D eigenvalue weighted by Gasteiger charge is -2.37. The molecule has 3 fully saturated rings. The van der Waals surface area contributed by atoms with Crippen LogP contribution in [0, 0.1) is 11.8 Å². The zero-order valence-electron chi connectivity index (χ0n) is 18.4. The number of piperazine rings is 1. The molecular formula is C24H35N3O3. The van der Waals surface area contributed by atoms with E-state index in [1.807, 2.05) is 34.1 Å². The van der Waals surface area contributed by atoms with Gasteiger partial charge in [-0.3, -0.25) is 14.5 Å². The number of hydrogen-bond acceptors (Lipinski definition) is 4. The standard InChI is InChI=1S/C24H35N3O3/c1-3-4-11-27-22(28)16-21(23(27)19-7-9-20(30-2)10-8-19)24(29)26-14-12-25(13-15-26)17-18-5-6-18/h7-10,18,21,23H,3-6,11-17H2,1-2H3. The van der Waals surface area contributed by atoms with Gasteiger partial charge in [-0.15, -0.1) is 0 Å². The van der Waals surface area contributed by atoms with Crippen molar-refractivity contribution in [2.24, 2.45) is 11.8 Å². The van der Waals surface area contributed by atoms with Crippen LogP contribution in [0.15, 0.2) is 24.3 Å². The van der Waals surface area contributed by atoms with Gasteiger partial charge < -0.3 is 14.5 Å². The Balaban J connectivity index is 1.48. The van der Waals surface area contributed by atoms with Crippen LogP contribution >= 0.6 is 0 Å². The highest BCUT2D eigenvalue weighted by Crippen LogP contribution is 2.40. The van der Waals surface area contributed by atoms with Crippen LogP contribution in [-0.4, -0.2) is 72.9 Å². The molecule has 2 heterocycles. The first-order chi connectivity index (χ1) is 14.6. The summed E-state index contributed by atoms with van der Waals surface area (Å²) in [5.41, 5.74) is 1.03. The Labute approximate surface area is 180 Å². The number of methoxy groups -OCH3 is 1. The molecular weight excluding hydrogens is 378 g/mol. The quantitative estimate of drug-likeness (QED) is 0.658. The maximum absolute atomic E-state index is 13.5. The molecule has 30 heavy (non-hydrogen) atoms. The second-order valence-corrected chi connectivity index (χ2v) is 9.04. The first-order valence-corrected chi connectivity index (χ1v) is 11.5. The Bertz CT molecular complexity index is 739. The van der Waals surface area contributed by atoms with Crippen LogP contribution in [0.2, 0.25) is 0 Å². The predicted octanol–water partition coefficient (Wildman–Crippen LogP) is 2.94. The van der Waals surface area contributed by atoms with Gasteiger partial charge in [0.2, 0.25) is 11.8 Å². The fourth-order valence-electron chi connectivity index (χ4n) is 4.87. The Hall–Kier alpha value is -2.08. The molecule has 0 N–H and O–H groups in total. The average Bonchev–Trinajstić information content (AvgIpc) is 3.53. The fourth-order valence-corrected chi connectivity index (χ4v) is 4.87. The van der Waals surface area contributed by atoms with E-state index >= 15 is 0 Å². The van der Waals surface area contributed by atoms with E-state index in [0.717, 1.165) is 56.3 Å². The summed E-state index contributed by atoms with van der Waals surface area (Å²) in [6.07, 6.45) is 5.03. The Morgan fingerprint density at radius 1 is 1.10 bits per heavy atom. The Morgan fingerprint density at radius 2 is 1.80 bits per heavy atom. The minimum absolute atomic E-state index is 0.106. The number of nitrogens with zero attached hydrogens (tertiary/aromatic N) is 3. The van der Waals surface area contributed by atoms with Gasteiger partial charge in [-0.1, -0.05) is 25.5 Å². The van der Waals surface area contributed by atoms with E-state index in [4.69, 9.17) is 4.74 Å². The van der Waals surface area contributed by atoms with E-state index in [-0.39, 0.29) is 23.8 Å². The number of likely N-dealkylation sites (tertiary alicyclic amines) is 1. The van der Waals surface area contributed by atoms with Gasteiger partial charge in [0, 0.05) is 45.7 Å². The van der Waals surface area contributed by atoms with E-state index in [0.29, 0.717) is 13.0 Å². The number of carbonyl (C=O) groups excluding carboxylic acids is 2. The number of hydrogen-bond donors (Lipinski definition) is 0. The van der Waals surface area contributed by atoms with Gasteiger partial charge in [0.15, 0.2) is 0 Å². The molecule has 1 aromatic rings. The molecule has 0 aromatic heterocycles. The number of ether oxygens (including phenoxy) is 1. The average molecular weight is 414 g/mol. The summed E-state index contributed by atoms with van der Waals surface area (Å²) in [5, 5.41) is 0. The second-order valence-electron chi connectivity index (χ2n) is 9.04. The van der Waals surface area contributed by atoms with Crippen LogP contribution in [0.1, 0.15) is 50.6 Å². The van der Waals surface area contributed by atoms with Crippen molar-refractivity contribution in [3.8, 4) is 5.75 Å². The highest BCUT2D eigenvalue weighted by atomic mass is 16.5. The second kappa shape index (κ2) is 9.38. The van der Waals surface area contributed by atoms with Gasteiger partial charge in [0.25, 0.3) is 0 Å². The van der Waals surface area contributed by atoms with Crippen molar-refractivity contribution in [3.05, 3.63) is 29.8 Å². The molecule has 0 radical (unpaired) electrons. The molecule has 2 unspecified atom stereocenters. The van der Waals surface area contributed by atoms with E-state index < -0.39 is 0 Å². The maximum Gasteiger partial charge on any atom is 0.228 e. The number of unbranched alkanes of at least 4 members (excludes halogenated alkanes) is 1. The normalized spacial score (nSPS) is 25.1. The van der Waals surface area contributed by atoms with Crippen molar-refractivity contribution < 1.29 is 14.3 Å². The molecule has 1 aliphatic carbocycles. The largest absolute Gasteiger partial charge is 0.497 e. The van der Waals surface area contributed by atoms with E-state index in [1.165, 1.54) is 19.4 Å². The molecule has 2 aliphatic heterocycles. The van der Waals surface area contributed by atoms with Crippen molar-refractivity contribution in [2.75, 3.05) is 46.4 Å². The van der Waals surface area contributed by atoms with Crippen LogP contribution in [0.25, 0.3) is 0 Å². The van der Waals surface area contributed by atoms with Crippen LogP contribution in [-0.2, 0) is 9.59 Å². The molecule has 4 rings (SSSR count). The minimum atomic E-state index is -0.294. The zero-order chi connectivity index (χ0) is 21.1. The van der Waals surface area contributed by atoms with E-state index in [1.54, 1.807) is 7.11 Å². The Kier molecular flexibility index (Phi) is 6.61. The molecule has 6 heteroatoms. The molecule has 6 nitrogen and oxygen atoms in total. The zero-order valence-corrected chi connectivity index (χ0v) is 18.4. The third kappa shape index (κ3) is 4.64. The molecule has 0 bridgehead atoms. The molecule has 164 valence electrons. The van der Waals surface area contributed by atoms with Crippen molar-refractivity contribution >= 4 is 11.8 Å². The summed E-state index contributed by atoms with van der Waals surface area (Å²) in [4.78, 5) is 32.8. The molecule has 1 saturated carbocycles. The fraction of sp³-hybridized carbons (Fsp3) is 0.667. The summed E-state index contributed by atoms with van der Waals surface area (Å²) < 4.78 is 5.30. The molecule has 3 aliphatic rings. The number of amides is 2. The topological polar surface area (TPSA) is 53.1 Å². The van der Waals surface area contributed by atoms with Crippen LogP contribution in [0.3, 0.4) is 0 Å². The van der Waals surface area contributed by atoms with Gasteiger partial charge in [-0.2, -0.15) is 0 Å². The van der Waals surface area contributed by atoms with Crippen molar-refractivity contribution in [1.29, 1.82) is 0 Å². The first kappa shape index (κ1) is 21.2. The molecule has 0 spiro atoms. The van der Waals surface area contributed by atoms with Gasteiger partial charge in [0.1, 0.15) is 5.75 Å². The van der Waals surface area contributed by atoms with Gasteiger partial charge in [0.05, 0.1) is 19.1 Å². The van der Waals surface area contributed by atoms with Gasteiger partial charge in [-0.25, -0.2) is 0 Å². The SMILES string of the molecule is CCCCN1C(=O)CC(C(=O)N2CCN(CC3CC3)CC2)C1c1ccc(OC)cc1. The lowest BCUT2D eigenvalue weighted by atomic mass is 9.91. The van der Waals surface area contributed by atoms with Crippen molar-refractivity contribution in [3.63, 3.8) is 0 Å². The summed E-state index contributed by atoms with van der Waals surface area (Å²) in [6.45, 7) is 7.49. The minimum Gasteiger partial charge on any atom is -0.497 e. The predicted molar refractivity (Wildman–Crippen MR) is 116 cm³/mol. The lowest BCUT2D eigenvalue weighted by molar-refractivity contribution is -0.138. The number of rotatable bonds is 8. The van der Waals surface area contributed by atoms with E-state index in [2.05, 4.69) is 11.8 Å². The smallest absolute Gasteiger partial charge is 0.228 e. The Morgan fingerprint density at radius 3 is 2.40 bits per heavy atom. The summed E-state index contributed by atoms with van der Waals surface area (Å²) in [6, 6.07) is 7.69. The highest BCUT2D eigenvalue weighted by Gasteiger charge is 2.45. The monoisotopic (exact) mass is 413 g/mol. The van der Waals surface area contributed by atoms with Crippen LogP contribution in [0.5, 0.6) is 5.75 Å². The third-order valence-electron chi connectivity index (χ3n) is 6.86. The molecule has 2 amide bonds. The van der Waals surface area contributed by atoms with Crippen molar-refractivity contribution in [1.82, 2.24) is 14.7 Å². The van der Waals surface area contributed by atoms with Crippen LogP contribution in [0.4, 0.5) is 0 Å². The van der Waals surface area contributed by atoms with E-state index in [9.17, 15) is 9.59 Å². The third-order valence-corrected chi connectivity index (χ3v) is 6.86. The van der Waals surface area contributed by atoms with Gasteiger partial charge >= 0.3 is 0 Å². The number of benzene rings is 1. The van der Waals surface area contributed by atoms with Crippen molar-refractivity contribution in [2.45, 2.75) is 45.1 Å².